The fraction of sp³-hybridized carbons (Fsp3) is 0.810. The van der Waals surface area contributed by atoms with E-state index in [0.717, 1.165) is 32.4 Å². The predicted molar refractivity (Wildman–Crippen MR) is 111 cm³/mol. The van der Waals surface area contributed by atoms with Gasteiger partial charge in [0.25, 0.3) is 0 Å². The molecule has 2 atom stereocenters. The standard InChI is InChI=1S/C21H32BN3O5/c1-19(2)20(3,4)30-22(29-19)9-14-7-21(8-14)12-25(13-21)18(27)24-6-5-16-15(10-24)23-17(26)11-28-16/h9,15-16H,5-8,10-13H2,1-4H3,(H,23,26)/t15-,16+/m1/s1. The molecule has 0 aromatic carbocycles. The number of fused-ring (bicyclic) bond motifs is 1. The van der Waals surface area contributed by atoms with Crippen LogP contribution in [-0.4, -0.2) is 85.0 Å². The summed E-state index contributed by atoms with van der Waals surface area (Å²) >= 11 is 0. The number of amides is 3. The highest BCUT2D eigenvalue weighted by Crippen LogP contribution is 2.52. The topological polar surface area (TPSA) is 80.3 Å². The van der Waals surface area contributed by atoms with E-state index in [1.54, 1.807) is 0 Å². The zero-order valence-electron chi connectivity index (χ0n) is 18.4. The molecular formula is C21H32BN3O5. The summed E-state index contributed by atoms with van der Waals surface area (Å²) in [6.07, 6.45) is 2.82. The summed E-state index contributed by atoms with van der Waals surface area (Å²) in [6.45, 7) is 11.2. The van der Waals surface area contributed by atoms with Crippen molar-refractivity contribution in [1.82, 2.24) is 15.1 Å². The van der Waals surface area contributed by atoms with Crippen molar-refractivity contribution < 1.29 is 23.6 Å². The van der Waals surface area contributed by atoms with Gasteiger partial charge in [0.05, 0.1) is 23.3 Å². The first-order valence-electron chi connectivity index (χ1n) is 11.1. The van der Waals surface area contributed by atoms with Gasteiger partial charge in [-0.2, -0.15) is 0 Å². The molecule has 4 saturated heterocycles. The summed E-state index contributed by atoms with van der Waals surface area (Å²) in [4.78, 5) is 28.3. The lowest BCUT2D eigenvalue weighted by molar-refractivity contribution is -0.140. The molecule has 0 aromatic rings. The fourth-order valence-corrected chi connectivity index (χ4v) is 5.37. The SMILES string of the molecule is CC1(C)OB(C=C2CC3(C2)CN(C(=O)N2CC[C@@H]4OCC(=O)N[C@@H]4C2)C3)OC1(C)C. The van der Waals surface area contributed by atoms with Crippen LogP contribution in [0.4, 0.5) is 4.79 Å². The van der Waals surface area contributed by atoms with E-state index in [2.05, 4.69) is 39.0 Å². The first-order chi connectivity index (χ1) is 14.1. The van der Waals surface area contributed by atoms with E-state index in [4.69, 9.17) is 14.0 Å². The third-order valence-corrected chi connectivity index (χ3v) is 7.77. The predicted octanol–water partition coefficient (Wildman–Crippen LogP) is 1.35. The van der Waals surface area contributed by atoms with Crippen LogP contribution in [0.2, 0.25) is 0 Å². The minimum atomic E-state index is -0.313. The van der Waals surface area contributed by atoms with Gasteiger partial charge in [-0.05, 0) is 47.0 Å². The first-order valence-corrected chi connectivity index (χ1v) is 11.1. The molecule has 5 fully saturated rings. The average molecular weight is 417 g/mol. The lowest BCUT2D eigenvalue weighted by atomic mass is 9.59. The Bertz CT molecular complexity index is 766. The maximum atomic E-state index is 12.9. The number of morpholine rings is 1. The number of hydrogen-bond donors (Lipinski definition) is 1. The molecule has 9 heteroatoms. The van der Waals surface area contributed by atoms with Gasteiger partial charge in [-0.15, -0.1) is 0 Å². The molecule has 1 spiro atoms. The molecule has 1 saturated carbocycles. The molecule has 1 aliphatic carbocycles. The van der Waals surface area contributed by atoms with E-state index in [1.807, 2.05) is 9.80 Å². The minimum Gasteiger partial charge on any atom is -0.400 e. The molecule has 5 aliphatic rings. The molecule has 30 heavy (non-hydrogen) atoms. The van der Waals surface area contributed by atoms with Crippen molar-refractivity contribution in [3.63, 3.8) is 0 Å². The number of carbonyl (C=O) groups excluding carboxylic acids is 2. The summed E-state index contributed by atoms with van der Waals surface area (Å²) in [5.74, 6) is 2.03. The number of hydrogen-bond acceptors (Lipinski definition) is 5. The first kappa shape index (κ1) is 20.3. The number of piperidine rings is 1. The zero-order chi connectivity index (χ0) is 21.3. The summed E-state index contributed by atoms with van der Waals surface area (Å²) < 4.78 is 17.7. The minimum absolute atomic E-state index is 0.0313. The van der Waals surface area contributed by atoms with E-state index in [1.165, 1.54) is 5.57 Å². The number of likely N-dealkylation sites (tertiary alicyclic amines) is 2. The van der Waals surface area contributed by atoms with Crippen LogP contribution in [0.5, 0.6) is 0 Å². The van der Waals surface area contributed by atoms with E-state index in [9.17, 15) is 9.59 Å². The van der Waals surface area contributed by atoms with Gasteiger partial charge in [0.15, 0.2) is 0 Å². The quantitative estimate of drug-likeness (QED) is 0.652. The van der Waals surface area contributed by atoms with Crippen LogP contribution in [0, 0.1) is 5.41 Å². The molecule has 4 aliphatic heterocycles. The Morgan fingerprint density at radius 3 is 2.47 bits per heavy atom. The molecule has 0 bridgehead atoms. The molecule has 3 amide bonds. The summed E-state index contributed by atoms with van der Waals surface area (Å²) in [5.41, 5.74) is 0.965. The number of nitrogens with zero attached hydrogens (tertiary/aromatic N) is 2. The molecule has 0 aromatic heterocycles. The fourth-order valence-electron chi connectivity index (χ4n) is 5.37. The van der Waals surface area contributed by atoms with E-state index in [0.29, 0.717) is 13.1 Å². The monoisotopic (exact) mass is 417 g/mol. The maximum Gasteiger partial charge on any atom is 0.487 e. The van der Waals surface area contributed by atoms with Gasteiger partial charge in [0.1, 0.15) is 6.61 Å². The normalized spacial score (nSPS) is 33.5. The molecule has 164 valence electrons. The Morgan fingerprint density at radius 1 is 1.13 bits per heavy atom. The lowest BCUT2D eigenvalue weighted by Crippen LogP contribution is -2.67. The Balaban J connectivity index is 1.11. The van der Waals surface area contributed by atoms with Gasteiger partial charge in [-0.1, -0.05) is 11.5 Å². The number of urea groups is 1. The highest BCUT2D eigenvalue weighted by Gasteiger charge is 2.55. The average Bonchev–Trinajstić information content (AvgIpc) is 2.81. The maximum absolute atomic E-state index is 12.9. The van der Waals surface area contributed by atoms with Gasteiger partial charge in [-0.3, -0.25) is 4.79 Å². The van der Waals surface area contributed by atoms with Crippen LogP contribution < -0.4 is 5.32 Å². The van der Waals surface area contributed by atoms with Crippen LogP contribution in [0.25, 0.3) is 0 Å². The Kier molecular flexibility index (Phi) is 4.55. The van der Waals surface area contributed by atoms with Crippen molar-refractivity contribution in [2.75, 3.05) is 32.8 Å². The van der Waals surface area contributed by atoms with Crippen molar-refractivity contribution in [3.8, 4) is 0 Å². The van der Waals surface area contributed by atoms with Gasteiger partial charge in [-0.25, -0.2) is 4.79 Å². The zero-order valence-corrected chi connectivity index (χ0v) is 18.4. The van der Waals surface area contributed by atoms with E-state index < -0.39 is 0 Å². The largest absolute Gasteiger partial charge is 0.487 e. The van der Waals surface area contributed by atoms with Crippen molar-refractivity contribution in [2.24, 2.45) is 5.41 Å². The van der Waals surface area contributed by atoms with Crippen LogP contribution in [0.15, 0.2) is 11.5 Å². The van der Waals surface area contributed by atoms with Crippen LogP contribution >= 0.6 is 0 Å². The molecule has 5 rings (SSSR count). The van der Waals surface area contributed by atoms with E-state index >= 15 is 0 Å². The second-order valence-corrected chi connectivity index (χ2v) is 10.7. The molecular weight excluding hydrogens is 385 g/mol. The van der Waals surface area contributed by atoms with Crippen molar-refractivity contribution >= 4 is 19.1 Å². The van der Waals surface area contributed by atoms with Crippen LogP contribution in [0.3, 0.4) is 0 Å². The third kappa shape index (κ3) is 3.35. The summed E-state index contributed by atoms with van der Waals surface area (Å²) in [6, 6.07) is -0.000348. The van der Waals surface area contributed by atoms with Crippen molar-refractivity contribution in [1.29, 1.82) is 0 Å². The summed E-state index contributed by atoms with van der Waals surface area (Å²) in [7, 11) is -0.283. The second-order valence-electron chi connectivity index (χ2n) is 10.7. The Labute approximate surface area is 178 Å². The molecule has 0 radical (unpaired) electrons. The number of ether oxygens (including phenoxy) is 1. The van der Waals surface area contributed by atoms with Gasteiger partial charge in [0.2, 0.25) is 5.91 Å². The Morgan fingerprint density at radius 2 is 1.80 bits per heavy atom. The van der Waals surface area contributed by atoms with E-state index in [-0.39, 0.29) is 54.4 Å². The highest BCUT2D eigenvalue weighted by molar-refractivity contribution is 6.51. The molecule has 8 nitrogen and oxygen atoms in total. The van der Waals surface area contributed by atoms with Crippen molar-refractivity contribution in [2.45, 2.75) is 70.3 Å². The second kappa shape index (κ2) is 6.71. The lowest BCUT2D eigenvalue weighted by Gasteiger charge is -2.58. The number of allylic oxidation sites excluding steroid dienone is 1. The van der Waals surface area contributed by atoms with Crippen LogP contribution in [-0.2, 0) is 18.8 Å². The van der Waals surface area contributed by atoms with Crippen molar-refractivity contribution in [3.05, 3.63) is 11.5 Å². The summed E-state index contributed by atoms with van der Waals surface area (Å²) in [5, 5.41) is 2.96. The smallest absolute Gasteiger partial charge is 0.400 e. The van der Waals surface area contributed by atoms with Crippen LogP contribution in [0.1, 0.15) is 47.0 Å². The van der Waals surface area contributed by atoms with Gasteiger partial charge >= 0.3 is 13.1 Å². The number of rotatable bonds is 1. The third-order valence-electron chi connectivity index (χ3n) is 7.77. The molecule has 0 unspecified atom stereocenters. The molecule has 4 heterocycles. The van der Waals surface area contributed by atoms with Gasteiger partial charge < -0.3 is 29.2 Å². The Hall–Kier alpha value is -1.58. The number of carbonyl (C=O) groups is 2. The van der Waals surface area contributed by atoms with Gasteiger partial charge in [0, 0.05) is 31.6 Å². The number of nitrogens with one attached hydrogen (secondary N) is 1. The molecule has 1 N–H and O–H groups in total. The highest BCUT2D eigenvalue weighted by atomic mass is 16.7.